The number of hydrogen-bond acceptors (Lipinski definition) is 3. The molecule has 0 unspecified atom stereocenters. The first kappa shape index (κ1) is 13.1. The molecule has 102 valence electrons. The zero-order chi connectivity index (χ0) is 13.9. The van der Waals surface area contributed by atoms with E-state index in [-0.39, 0.29) is 11.6 Å². The molecule has 20 heavy (non-hydrogen) atoms. The van der Waals surface area contributed by atoms with Gasteiger partial charge in [0.1, 0.15) is 11.6 Å². The Morgan fingerprint density at radius 3 is 2.55 bits per heavy atom. The highest BCUT2D eigenvalue weighted by Crippen LogP contribution is 2.30. The second-order valence-electron chi connectivity index (χ2n) is 4.42. The molecule has 1 aliphatic heterocycles. The maximum atomic E-state index is 13.3. The van der Waals surface area contributed by atoms with Gasteiger partial charge in [0.15, 0.2) is 0 Å². The zero-order valence-electron chi connectivity index (χ0n) is 10.6. The third kappa shape index (κ3) is 2.82. The smallest absolute Gasteiger partial charge is 0.123 e. The molecule has 0 aromatic heterocycles. The minimum atomic E-state index is -0.287. The Morgan fingerprint density at radius 2 is 1.75 bits per heavy atom. The lowest BCUT2D eigenvalue weighted by Crippen LogP contribution is -2.12. The summed E-state index contributed by atoms with van der Waals surface area (Å²) < 4.78 is 26.2. The van der Waals surface area contributed by atoms with Gasteiger partial charge >= 0.3 is 0 Å². The number of rotatable bonds is 2. The van der Waals surface area contributed by atoms with E-state index in [0.717, 1.165) is 28.3 Å². The minimum Gasteiger partial charge on any atom is -0.278 e. The number of fused-ring (bicyclic) bond motifs is 1. The molecule has 2 nitrogen and oxygen atoms in total. The van der Waals surface area contributed by atoms with E-state index < -0.39 is 0 Å². The minimum absolute atomic E-state index is 0.263. The lowest BCUT2D eigenvalue weighted by atomic mass is 10.1. The number of hydrogen-bond donors (Lipinski definition) is 1. The molecular weight excluding hydrogens is 278 g/mol. The second kappa shape index (κ2) is 5.63. The van der Waals surface area contributed by atoms with Gasteiger partial charge in [0, 0.05) is 22.6 Å². The molecule has 0 saturated heterocycles. The van der Waals surface area contributed by atoms with E-state index in [2.05, 4.69) is 10.5 Å². The Kier molecular flexibility index (Phi) is 3.69. The van der Waals surface area contributed by atoms with E-state index >= 15 is 0 Å². The first-order chi connectivity index (χ1) is 9.72. The summed E-state index contributed by atoms with van der Waals surface area (Å²) in [5.74, 6) is 0.369. The molecule has 5 heteroatoms. The maximum absolute atomic E-state index is 13.3. The molecule has 2 aromatic rings. The molecule has 3 rings (SSSR count). The van der Waals surface area contributed by atoms with Crippen molar-refractivity contribution >= 4 is 23.2 Å². The Morgan fingerprint density at radius 1 is 1.00 bits per heavy atom. The van der Waals surface area contributed by atoms with Gasteiger partial charge in [-0.15, -0.1) is 11.8 Å². The molecule has 2 aromatic carbocycles. The van der Waals surface area contributed by atoms with Crippen molar-refractivity contribution in [2.24, 2.45) is 5.10 Å². The Labute approximate surface area is 119 Å². The average molecular weight is 290 g/mol. The van der Waals surface area contributed by atoms with Crippen LogP contribution >= 0.6 is 11.8 Å². The lowest BCUT2D eigenvalue weighted by molar-refractivity contribution is 0.626. The number of nitrogens with zero attached hydrogens (tertiary/aromatic N) is 1. The fourth-order valence-electron chi connectivity index (χ4n) is 2.02. The predicted octanol–water partition coefficient (Wildman–Crippen LogP) is 4.28. The van der Waals surface area contributed by atoms with E-state index in [1.807, 2.05) is 0 Å². The lowest BCUT2D eigenvalue weighted by Gasteiger charge is -2.17. The predicted molar refractivity (Wildman–Crippen MR) is 78.3 cm³/mol. The van der Waals surface area contributed by atoms with Gasteiger partial charge in [0.05, 0.1) is 11.4 Å². The van der Waals surface area contributed by atoms with Crippen LogP contribution in [0.15, 0.2) is 52.5 Å². The average Bonchev–Trinajstić information content (AvgIpc) is 2.47. The van der Waals surface area contributed by atoms with Crippen LogP contribution in [0, 0.1) is 11.6 Å². The van der Waals surface area contributed by atoms with Crippen molar-refractivity contribution in [2.45, 2.75) is 11.3 Å². The monoisotopic (exact) mass is 290 g/mol. The first-order valence-corrected chi connectivity index (χ1v) is 7.22. The normalized spacial score (nSPS) is 16.0. The SMILES string of the molecule is Fc1ccc(NN=C2CCSc3ccc(F)cc32)cc1. The van der Waals surface area contributed by atoms with Crippen molar-refractivity contribution in [3.05, 3.63) is 59.7 Å². The summed E-state index contributed by atoms with van der Waals surface area (Å²) >= 11 is 1.70. The molecule has 0 spiro atoms. The van der Waals surface area contributed by atoms with E-state index in [0.29, 0.717) is 5.69 Å². The molecule has 0 aliphatic carbocycles. The van der Waals surface area contributed by atoms with Crippen LogP contribution in [0.4, 0.5) is 14.5 Å². The molecular formula is C15H12F2N2S. The highest BCUT2D eigenvalue weighted by molar-refractivity contribution is 7.99. The number of thioether (sulfide) groups is 1. The van der Waals surface area contributed by atoms with Crippen molar-refractivity contribution in [2.75, 3.05) is 11.2 Å². The molecule has 1 heterocycles. The molecule has 0 radical (unpaired) electrons. The van der Waals surface area contributed by atoms with Crippen LogP contribution in [0.5, 0.6) is 0 Å². The summed E-state index contributed by atoms with van der Waals surface area (Å²) in [7, 11) is 0. The van der Waals surface area contributed by atoms with Crippen molar-refractivity contribution in [1.29, 1.82) is 0 Å². The largest absolute Gasteiger partial charge is 0.278 e. The number of hydrazone groups is 1. The second-order valence-corrected chi connectivity index (χ2v) is 5.55. The topological polar surface area (TPSA) is 24.4 Å². The van der Waals surface area contributed by atoms with Crippen molar-refractivity contribution < 1.29 is 8.78 Å². The molecule has 0 saturated carbocycles. The van der Waals surface area contributed by atoms with Gasteiger partial charge in [0.25, 0.3) is 0 Å². The van der Waals surface area contributed by atoms with Gasteiger partial charge in [-0.1, -0.05) is 0 Å². The van der Waals surface area contributed by atoms with Crippen LogP contribution in [0.25, 0.3) is 0 Å². The maximum Gasteiger partial charge on any atom is 0.123 e. The van der Waals surface area contributed by atoms with Gasteiger partial charge in [-0.05, 0) is 42.5 Å². The summed E-state index contributed by atoms with van der Waals surface area (Å²) in [4.78, 5) is 1.04. The highest BCUT2D eigenvalue weighted by atomic mass is 32.2. The van der Waals surface area contributed by atoms with Crippen LogP contribution < -0.4 is 5.43 Å². The highest BCUT2D eigenvalue weighted by Gasteiger charge is 2.16. The fraction of sp³-hybridized carbons (Fsp3) is 0.133. The number of halogens is 2. The van der Waals surface area contributed by atoms with Gasteiger partial charge < -0.3 is 0 Å². The first-order valence-electron chi connectivity index (χ1n) is 6.23. The van der Waals surface area contributed by atoms with Crippen molar-refractivity contribution in [3.63, 3.8) is 0 Å². The Hall–Kier alpha value is -1.88. The van der Waals surface area contributed by atoms with Gasteiger partial charge in [-0.25, -0.2) is 8.78 Å². The van der Waals surface area contributed by atoms with E-state index in [1.54, 1.807) is 30.0 Å². The van der Waals surface area contributed by atoms with Crippen molar-refractivity contribution in [3.8, 4) is 0 Å². The summed E-state index contributed by atoms with van der Waals surface area (Å²) in [5, 5.41) is 4.33. The summed E-state index contributed by atoms with van der Waals surface area (Å²) in [6.45, 7) is 0. The van der Waals surface area contributed by atoms with Gasteiger partial charge in [-0.3, -0.25) is 5.43 Å². The standard InChI is InChI=1S/C15H12F2N2S/c16-10-1-4-12(5-2-10)18-19-14-7-8-20-15-6-3-11(17)9-13(14)15/h1-6,9,18H,7-8H2. The molecule has 1 N–H and O–H groups in total. The Bertz CT molecular complexity index is 653. The molecule has 1 aliphatic rings. The van der Waals surface area contributed by atoms with Crippen LogP contribution in [-0.2, 0) is 0 Å². The number of nitrogens with one attached hydrogen (secondary N) is 1. The van der Waals surface area contributed by atoms with Crippen LogP contribution in [-0.4, -0.2) is 11.5 Å². The third-order valence-corrected chi connectivity index (χ3v) is 4.09. The van der Waals surface area contributed by atoms with Gasteiger partial charge in [0.2, 0.25) is 0 Å². The van der Waals surface area contributed by atoms with E-state index in [1.165, 1.54) is 24.3 Å². The fourth-order valence-corrected chi connectivity index (χ4v) is 3.03. The number of anilines is 1. The molecule has 0 atom stereocenters. The molecule has 0 fully saturated rings. The summed E-state index contributed by atoms with van der Waals surface area (Å²) in [6.07, 6.45) is 0.773. The van der Waals surface area contributed by atoms with E-state index in [4.69, 9.17) is 0 Å². The van der Waals surface area contributed by atoms with Crippen LogP contribution in [0.2, 0.25) is 0 Å². The quantitative estimate of drug-likeness (QED) is 0.835. The summed E-state index contributed by atoms with van der Waals surface area (Å²) in [6, 6.07) is 10.7. The van der Waals surface area contributed by atoms with Crippen LogP contribution in [0.1, 0.15) is 12.0 Å². The van der Waals surface area contributed by atoms with Crippen molar-refractivity contribution in [1.82, 2.24) is 0 Å². The van der Waals surface area contributed by atoms with Crippen LogP contribution in [0.3, 0.4) is 0 Å². The Balaban J connectivity index is 1.86. The number of benzene rings is 2. The molecule has 0 bridgehead atoms. The third-order valence-electron chi connectivity index (χ3n) is 3.01. The van der Waals surface area contributed by atoms with E-state index in [9.17, 15) is 8.78 Å². The molecule has 0 amide bonds. The zero-order valence-corrected chi connectivity index (χ0v) is 11.4. The van der Waals surface area contributed by atoms with Gasteiger partial charge in [-0.2, -0.15) is 5.10 Å². The summed E-state index contributed by atoms with van der Waals surface area (Å²) in [5.41, 5.74) is 5.25.